The lowest BCUT2D eigenvalue weighted by atomic mass is 10.2. The number of carbonyl (C=O) groups is 1. The third-order valence-electron chi connectivity index (χ3n) is 4.34. The molecule has 28 heavy (non-hydrogen) atoms. The standard InChI is InChI=1S/C20H21N5O3/c1-13-7-9-17(10-8-13)24-15(3)20(14(2)23-24)22-19(26)12-21-16-5-4-6-18(11-16)25(27)28/h4-11,21H,12H2,1-3H3,(H,22,26). The molecule has 1 heterocycles. The average molecular weight is 379 g/mol. The van der Waals surface area contributed by atoms with Crippen LogP contribution in [0.25, 0.3) is 5.69 Å². The Morgan fingerprint density at radius 2 is 1.86 bits per heavy atom. The second-order valence-electron chi connectivity index (χ2n) is 6.50. The van der Waals surface area contributed by atoms with Gasteiger partial charge in [-0.15, -0.1) is 0 Å². The molecule has 1 aromatic heterocycles. The van der Waals surface area contributed by atoms with E-state index in [0.29, 0.717) is 17.1 Å². The predicted molar refractivity (Wildman–Crippen MR) is 108 cm³/mol. The Bertz CT molecular complexity index is 1020. The van der Waals surface area contributed by atoms with Gasteiger partial charge >= 0.3 is 0 Å². The van der Waals surface area contributed by atoms with Crippen LogP contribution in [-0.4, -0.2) is 27.2 Å². The van der Waals surface area contributed by atoms with Crippen molar-refractivity contribution in [3.63, 3.8) is 0 Å². The zero-order valence-electron chi connectivity index (χ0n) is 15.9. The highest BCUT2D eigenvalue weighted by Gasteiger charge is 2.15. The minimum atomic E-state index is -0.475. The summed E-state index contributed by atoms with van der Waals surface area (Å²) in [5, 5.41) is 21.1. The van der Waals surface area contributed by atoms with Gasteiger partial charge in [0.25, 0.3) is 5.69 Å². The minimum Gasteiger partial charge on any atom is -0.376 e. The smallest absolute Gasteiger partial charge is 0.271 e. The molecule has 3 aromatic rings. The number of aryl methyl sites for hydroxylation is 2. The van der Waals surface area contributed by atoms with Crippen LogP contribution in [0.3, 0.4) is 0 Å². The van der Waals surface area contributed by atoms with E-state index in [-0.39, 0.29) is 18.1 Å². The molecule has 2 aromatic carbocycles. The Balaban J connectivity index is 1.70. The van der Waals surface area contributed by atoms with Crippen LogP contribution in [0.1, 0.15) is 17.0 Å². The lowest BCUT2D eigenvalue weighted by Crippen LogP contribution is -2.22. The molecule has 0 fully saturated rings. The van der Waals surface area contributed by atoms with Crippen molar-refractivity contribution < 1.29 is 9.72 Å². The molecule has 3 rings (SSSR count). The zero-order valence-corrected chi connectivity index (χ0v) is 15.9. The summed E-state index contributed by atoms with van der Waals surface area (Å²) in [6.45, 7) is 5.73. The van der Waals surface area contributed by atoms with Gasteiger partial charge in [0.1, 0.15) is 0 Å². The van der Waals surface area contributed by atoms with E-state index >= 15 is 0 Å². The third kappa shape index (κ3) is 4.17. The number of hydrogen-bond acceptors (Lipinski definition) is 5. The summed E-state index contributed by atoms with van der Waals surface area (Å²) < 4.78 is 1.79. The molecule has 0 saturated heterocycles. The molecule has 8 heteroatoms. The summed E-state index contributed by atoms with van der Waals surface area (Å²) in [4.78, 5) is 22.7. The SMILES string of the molecule is Cc1ccc(-n2nc(C)c(NC(=O)CNc3cccc([N+](=O)[O-])c3)c2C)cc1. The quantitative estimate of drug-likeness (QED) is 0.501. The number of carbonyl (C=O) groups excluding carboxylic acids is 1. The van der Waals surface area contributed by atoms with Gasteiger partial charge in [0.15, 0.2) is 0 Å². The molecule has 1 amide bonds. The Hall–Kier alpha value is -3.68. The first-order chi connectivity index (χ1) is 13.3. The molecule has 0 atom stereocenters. The number of nitrogens with zero attached hydrogens (tertiary/aromatic N) is 3. The summed E-state index contributed by atoms with van der Waals surface area (Å²) in [5.41, 5.74) is 4.75. The van der Waals surface area contributed by atoms with E-state index in [4.69, 9.17) is 0 Å². The first-order valence-corrected chi connectivity index (χ1v) is 8.76. The second kappa shape index (κ2) is 7.91. The second-order valence-corrected chi connectivity index (χ2v) is 6.50. The topological polar surface area (TPSA) is 102 Å². The Kier molecular flexibility index (Phi) is 5.39. The molecule has 8 nitrogen and oxygen atoms in total. The molecule has 0 spiro atoms. The van der Waals surface area contributed by atoms with Crippen molar-refractivity contribution in [2.24, 2.45) is 0 Å². The molecule has 0 unspecified atom stereocenters. The number of non-ortho nitro benzene ring substituents is 1. The molecule has 0 saturated carbocycles. The number of rotatable bonds is 6. The van der Waals surface area contributed by atoms with E-state index in [1.807, 2.05) is 45.0 Å². The van der Waals surface area contributed by atoms with Gasteiger partial charge in [0, 0.05) is 17.8 Å². The van der Waals surface area contributed by atoms with E-state index < -0.39 is 4.92 Å². The monoisotopic (exact) mass is 379 g/mol. The number of nitro groups is 1. The Labute approximate surface area is 162 Å². The Morgan fingerprint density at radius 1 is 1.14 bits per heavy atom. The van der Waals surface area contributed by atoms with Crippen molar-refractivity contribution in [2.45, 2.75) is 20.8 Å². The highest BCUT2D eigenvalue weighted by molar-refractivity contribution is 5.94. The van der Waals surface area contributed by atoms with Gasteiger partial charge in [-0.2, -0.15) is 5.10 Å². The van der Waals surface area contributed by atoms with Crippen LogP contribution >= 0.6 is 0 Å². The third-order valence-corrected chi connectivity index (χ3v) is 4.34. The highest BCUT2D eigenvalue weighted by atomic mass is 16.6. The summed E-state index contributed by atoms with van der Waals surface area (Å²) in [6, 6.07) is 14.0. The average Bonchev–Trinajstić information content (AvgIpc) is 2.95. The molecule has 0 aliphatic rings. The van der Waals surface area contributed by atoms with Crippen LogP contribution in [0.2, 0.25) is 0 Å². The van der Waals surface area contributed by atoms with Crippen LogP contribution in [0.5, 0.6) is 0 Å². The molecular formula is C20H21N5O3. The molecular weight excluding hydrogens is 358 g/mol. The van der Waals surface area contributed by atoms with Gasteiger partial charge in [-0.3, -0.25) is 14.9 Å². The summed E-state index contributed by atoms with van der Waals surface area (Å²) in [6.07, 6.45) is 0. The van der Waals surface area contributed by atoms with E-state index in [1.54, 1.807) is 16.8 Å². The fourth-order valence-corrected chi connectivity index (χ4v) is 2.86. The van der Waals surface area contributed by atoms with Crippen LogP contribution in [0.15, 0.2) is 48.5 Å². The van der Waals surface area contributed by atoms with Crippen LogP contribution in [0, 0.1) is 30.9 Å². The molecule has 144 valence electrons. The molecule has 0 radical (unpaired) electrons. The van der Waals surface area contributed by atoms with Gasteiger partial charge in [-0.1, -0.05) is 23.8 Å². The summed E-state index contributed by atoms with van der Waals surface area (Å²) >= 11 is 0. The van der Waals surface area contributed by atoms with E-state index in [9.17, 15) is 14.9 Å². The maximum atomic E-state index is 12.4. The zero-order chi connectivity index (χ0) is 20.3. The number of aromatic nitrogens is 2. The highest BCUT2D eigenvalue weighted by Crippen LogP contribution is 2.23. The van der Waals surface area contributed by atoms with E-state index in [0.717, 1.165) is 16.9 Å². The maximum absolute atomic E-state index is 12.4. The Morgan fingerprint density at radius 3 is 2.54 bits per heavy atom. The normalized spacial score (nSPS) is 10.5. The number of nitro benzene ring substituents is 1. The van der Waals surface area contributed by atoms with Crippen molar-refractivity contribution in [1.82, 2.24) is 9.78 Å². The first-order valence-electron chi connectivity index (χ1n) is 8.76. The van der Waals surface area contributed by atoms with E-state index in [1.165, 1.54) is 12.1 Å². The fraction of sp³-hybridized carbons (Fsp3) is 0.200. The fourth-order valence-electron chi connectivity index (χ4n) is 2.86. The van der Waals surface area contributed by atoms with Gasteiger partial charge < -0.3 is 10.6 Å². The number of anilines is 2. The van der Waals surface area contributed by atoms with Gasteiger partial charge in [-0.25, -0.2) is 4.68 Å². The minimum absolute atomic E-state index is 0.0181. The van der Waals surface area contributed by atoms with Crippen molar-refractivity contribution in [3.05, 3.63) is 75.6 Å². The summed E-state index contributed by atoms with van der Waals surface area (Å²) in [5.74, 6) is -0.263. The predicted octanol–water partition coefficient (Wildman–Crippen LogP) is 3.76. The van der Waals surface area contributed by atoms with Gasteiger partial charge in [-0.05, 0) is 39.0 Å². The number of benzene rings is 2. The molecule has 2 N–H and O–H groups in total. The molecule has 0 bridgehead atoms. The molecule has 0 aliphatic heterocycles. The lowest BCUT2D eigenvalue weighted by molar-refractivity contribution is -0.384. The van der Waals surface area contributed by atoms with Gasteiger partial charge in [0.05, 0.1) is 34.2 Å². The largest absolute Gasteiger partial charge is 0.376 e. The number of amides is 1. The van der Waals surface area contributed by atoms with E-state index in [2.05, 4.69) is 15.7 Å². The first kappa shape index (κ1) is 19.1. The lowest BCUT2D eigenvalue weighted by Gasteiger charge is -2.09. The molecule has 0 aliphatic carbocycles. The van der Waals surface area contributed by atoms with Crippen molar-refractivity contribution >= 4 is 23.0 Å². The van der Waals surface area contributed by atoms with Crippen LogP contribution in [0.4, 0.5) is 17.1 Å². The number of hydrogen-bond donors (Lipinski definition) is 2. The maximum Gasteiger partial charge on any atom is 0.271 e. The van der Waals surface area contributed by atoms with Crippen LogP contribution in [-0.2, 0) is 4.79 Å². The van der Waals surface area contributed by atoms with Gasteiger partial charge in [0.2, 0.25) is 5.91 Å². The number of nitrogens with one attached hydrogen (secondary N) is 2. The summed E-state index contributed by atoms with van der Waals surface area (Å²) in [7, 11) is 0. The van der Waals surface area contributed by atoms with Crippen LogP contribution < -0.4 is 10.6 Å². The van der Waals surface area contributed by atoms with Crippen molar-refractivity contribution in [3.8, 4) is 5.69 Å². The van der Waals surface area contributed by atoms with Crippen molar-refractivity contribution in [1.29, 1.82) is 0 Å². The van der Waals surface area contributed by atoms with Crippen molar-refractivity contribution in [2.75, 3.05) is 17.2 Å².